The molecule has 27 heavy (non-hydrogen) atoms. The minimum absolute atomic E-state index is 0.00600. The summed E-state index contributed by atoms with van der Waals surface area (Å²) in [5.74, 6) is 1.45. The quantitative estimate of drug-likeness (QED) is 0.266. The smallest absolute Gasteiger partial charge is 0.254 e. The van der Waals surface area contributed by atoms with Gasteiger partial charge in [0.05, 0.1) is 0 Å². The second-order valence-corrected chi connectivity index (χ2v) is 8.83. The number of hydrogen-bond donors (Lipinski definition) is 1. The maximum Gasteiger partial charge on any atom is 0.254 e. The van der Waals surface area contributed by atoms with Crippen molar-refractivity contribution in [2.75, 3.05) is 12.3 Å². The summed E-state index contributed by atoms with van der Waals surface area (Å²) in [6.07, 6.45) is 19.5. The number of aromatic nitrogens is 1. The molecule has 0 radical (unpaired) electrons. The van der Waals surface area contributed by atoms with Crippen molar-refractivity contribution in [3.8, 4) is 5.88 Å². The summed E-state index contributed by atoms with van der Waals surface area (Å²) in [5, 5.41) is 4.51. The molecule has 0 spiro atoms. The van der Waals surface area contributed by atoms with E-state index in [9.17, 15) is 0 Å². The Hall–Kier alpha value is -0.680. The van der Waals surface area contributed by atoms with Crippen molar-refractivity contribution in [2.45, 2.75) is 109 Å². The van der Waals surface area contributed by atoms with E-state index in [1.165, 1.54) is 89.7 Å². The zero-order chi connectivity index (χ0) is 19.6. The standard InChI is InChI=1S/C22H42N2O2S/c1-3-5-6-7-8-9-10-11-12-13-14-15-21(4-2)27-19-20(18-23)26-22-16-17-25-24-22/h16-17,20-21H,3-15,18-19,23H2,1-2H3. The van der Waals surface area contributed by atoms with Crippen LogP contribution >= 0.6 is 11.8 Å². The molecule has 0 aliphatic heterocycles. The van der Waals surface area contributed by atoms with Gasteiger partial charge in [-0.15, -0.1) is 0 Å². The molecule has 1 rings (SSSR count). The second kappa shape index (κ2) is 17.4. The molecule has 1 aromatic heterocycles. The fourth-order valence-electron chi connectivity index (χ4n) is 3.27. The lowest BCUT2D eigenvalue weighted by Crippen LogP contribution is -2.30. The molecule has 2 atom stereocenters. The van der Waals surface area contributed by atoms with Crippen LogP contribution in [-0.2, 0) is 0 Å². The lowest BCUT2D eigenvalue weighted by Gasteiger charge is -2.19. The predicted molar refractivity (Wildman–Crippen MR) is 118 cm³/mol. The van der Waals surface area contributed by atoms with E-state index in [0.29, 0.717) is 17.7 Å². The minimum Gasteiger partial charge on any atom is -0.470 e. The number of ether oxygens (including phenoxy) is 1. The molecule has 0 aliphatic carbocycles. The van der Waals surface area contributed by atoms with Crippen molar-refractivity contribution in [1.29, 1.82) is 0 Å². The molecule has 5 heteroatoms. The van der Waals surface area contributed by atoms with Crippen LogP contribution in [-0.4, -0.2) is 28.8 Å². The van der Waals surface area contributed by atoms with Crippen molar-refractivity contribution >= 4 is 11.8 Å². The van der Waals surface area contributed by atoms with Gasteiger partial charge in [0.25, 0.3) is 5.88 Å². The third-order valence-electron chi connectivity index (χ3n) is 5.07. The molecule has 1 heterocycles. The number of nitrogens with zero attached hydrogens (tertiary/aromatic N) is 1. The number of rotatable bonds is 19. The van der Waals surface area contributed by atoms with Gasteiger partial charge in [-0.3, -0.25) is 0 Å². The van der Waals surface area contributed by atoms with Crippen molar-refractivity contribution in [3.63, 3.8) is 0 Å². The van der Waals surface area contributed by atoms with E-state index in [2.05, 4.69) is 19.0 Å². The zero-order valence-electron chi connectivity index (χ0n) is 17.7. The third-order valence-corrected chi connectivity index (χ3v) is 6.67. The van der Waals surface area contributed by atoms with Gasteiger partial charge in [0.2, 0.25) is 0 Å². The average molecular weight is 399 g/mol. The van der Waals surface area contributed by atoms with Crippen molar-refractivity contribution < 1.29 is 9.26 Å². The molecule has 158 valence electrons. The number of thioether (sulfide) groups is 1. The summed E-state index contributed by atoms with van der Waals surface area (Å²) < 4.78 is 10.6. The van der Waals surface area contributed by atoms with Gasteiger partial charge < -0.3 is 15.0 Å². The van der Waals surface area contributed by atoms with Crippen LogP contribution in [0.25, 0.3) is 0 Å². The van der Waals surface area contributed by atoms with Crippen LogP contribution in [0.1, 0.15) is 97.3 Å². The Kier molecular flexibility index (Phi) is 15.7. The minimum atomic E-state index is 0.00600. The van der Waals surface area contributed by atoms with Gasteiger partial charge in [-0.1, -0.05) is 84.5 Å². The van der Waals surface area contributed by atoms with Crippen LogP contribution in [0, 0.1) is 0 Å². The highest BCUT2D eigenvalue weighted by atomic mass is 32.2. The van der Waals surface area contributed by atoms with E-state index in [1.807, 2.05) is 11.8 Å². The molecular weight excluding hydrogens is 356 g/mol. The Morgan fingerprint density at radius 1 is 1.00 bits per heavy atom. The fourth-order valence-corrected chi connectivity index (χ4v) is 4.53. The Balaban J connectivity index is 1.99. The molecule has 0 saturated heterocycles. The first-order chi connectivity index (χ1) is 13.3. The van der Waals surface area contributed by atoms with Gasteiger partial charge in [-0.2, -0.15) is 11.8 Å². The van der Waals surface area contributed by atoms with Gasteiger partial charge in [0.1, 0.15) is 12.4 Å². The summed E-state index contributed by atoms with van der Waals surface area (Å²) in [5.41, 5.74) is 5.83. The van der Waals surface area contributed by atoms with Crippen molar-refractivity contribution in [2.24, 2.45) is 5.73 Å². The summed E-state index contributed by atoms with van der Waals surface area (Å²) in [4.78, 5) is 0. The molecule has 4 nitrogen and oxygen atoms in total. The molecule has 0 saturated carbocycles. The summed E-state index contributed by atoms with van der Waals surface area (Å²) in [6.45, 7) is 5.08. The van der Waals surface area contributed by atoms with E-state index in [4.69, 9.17) is 15.0 Å². The lowest BCUT2D eigenvalue weighted by atomic mass is 10.0. The topological polar surface area (TPSA) is 61.3 Å². The van der Waals surface area contributed by atoms with Crippen LogP contribution in [0.15, 0.2) is 16.9 Å². The number of hydrogen-bond acceptors (Lipinski definition) is 5. The van der Waals surface area contributed by atoms with Crippen LogP contribution in [0.2, 0.25) is 0 Å². The number of nitrogens with two attached hydrogens (primary N) is 1. The highest BCUT2D eigenvalue weighted by Gasteiger charge is 2.14. The maximum absolute atomic E-state index is 5.83. The summed E-state index contributed by atoms with van der Waals surface area (Å²) in [7, 11) is 0. The monoisotopic (exact) mass is 398 g/mol. The van der Waals surface area contributed by atoms with E-state index in [0.717, 1.165) is 5.75 Å². The molecule has 0 fully saturated rings. The van der Waals surface area contributed by atoms with E-state index in [1.54, 1.807) is 6.07 Å². The predicted octanol–water partition coefficient (Wildman–Crippen LogP) is 6.59. The van der Waals surface area contributed by atoms with E-state index < -0.39 is 0 Å². The van der Waals surface area contributed by atoms with E-state index >= 15 is 0 Å². The summed E-state index contributed by atoms with van der Waals surface area (Å²) >= 11 is 1.99. The fraction of sp³-hybridized carbons (Fsp3) is 0.864. The first kappa shape index (κ1) is 24.4. The van der Waals surface area contributed by atoms with Crippen LogP contribution in [0.5, 0.6) is 5.88 Å². The molecule has 0 bridgehead atoms. The first-order valence-electron chi connectivity index (χ1n) is 11.2. The summed E-state index contributed by atoms with van der Waals surface area (Å²) in [6, 6.07) is 1.73. The van der Waals surface area contributed by atoms with Gasteiger partial charge in [0, 0.05) is 23.6 Å². The maximum atomic E-state index is 5.83. The molecule has 0 aromatic carbocycles. The van der Waals surface area contributed by atoms with Gasteiger partial charge in [0.15, 0.2) is 0 Å². The normalized spacial score (nSPS) is 13.6. The zero-order valence-corrected chi connectivity index (χ0v) is 18.5. The molecule has 0 amide bonds. The van der Waals surface area contributed by atoms with Crippen LogP contribution in [0.3, 0.4) is 0 Å². The largest absolute Gasteiger partial charge is 0.470 e. The SMILES string of the molecule is CCCCCCCCCCCCCC(CC)SCC(CN)Oc1ccon1. The number of unbranched alkanes of at least 4 members (excludes halogenated alkanes) is 10. The lowest BCUT2D eigenvalue weighted by molar-refractivity contribution is 0.211. The second-order valence-electron chi connectivity index (χ2n) is 7.50. The molecule has 1 aromatic rings. The Morgan fingerprint density at radius 3 is 2.15 bits per heavy atom. The highest BCUT2D eigenvalue weighted by molar-refractivity contribution is 7.99. The van der Waals surface area contributed by atoms with Crippen LogP contribution in [0.4, 0.5) is 0 Å². The molecule has 2 unspecified atom stereocenters. The molecule has 2 N–H and O–H groups in total. The van der Waals surface area contributed by atoms with Gasteiger partial charge >= 0.3 is 0 Å². The van der Waals surface area contributed by atoms with Crippen molar-refractivity contribution in [3.05, 3.63) is 12.3 Å². The van der Waals surface area contributed by atoms with Crippen LogP contribution < -0.4 is 10.5 Å². The Bertz CT molecular complexity index is 414. The highest BCUT2D eigenvalue weighted by Crippen LogP contribution is 2.23. The Morgan fingerprint density at radius 2 is 1.63 bits per heavy atom. The Labute approximate surface area is 171 Å². The third kappa shape index (κ3) is 13.2. The van der Waals surface area contributed by atoms with Gasteiger partial charge in [-0.25, -0.2) is 0 Å². The molecule has 0 aliphatic rings. The molecular formula is C22H42N2O2S. The average Bonchev–Trinajstić information content (AvgIpc) is 3.20. The first-order valence-corrected chi connectivity index (χ1v) is 12.2. The van der Waals surface area contributed by atoms with E-state index in [-0.39, 0.29) is 6.10 Å². The van der Waals surface area contributed by atoms with Gasteiger partial charge in [-0.05, 0) is 18.0 Å². The van der Waals surface area contributed by atoms with Crippen molar-refractivity contribution in [1.82, 2.24) is 5.16 Å².